The largest absolute Gasteiger partial charge is 0.494 e. The fourth-order valence-corrected chi connectivity index (χ4v) is 2.55. The lowest BCUT2D eigenvalue weighted by molar-refractivity contribution is 0.114. The topological polar surface area (TPSA) is 42.5 Å². The van der Waals surface area contributed by atoms with Crippen LogP contribution in [0.15, 0.2) is 18.2 Å². The number of hydrogen-bond acceptors (Lipinski definition) is 3. The van der Waals surface area contributed by atoms with Crippen LogP contribution in [0.2, 0.25) is 0 Å². The van der Waals surface area contributed by atoms with Crippen LogP contribution in [0.3, 0.4) is 0 Å². The van der Waals surface area contributed by atoms with E-state index in [-0.39, 0.29) is 23.7 Å². The highest BCUT2D eigenvalue weighted by molar-refractivity contribution is 7.80. The number of halogens is 1. The molecule has 4 nitrogen and oxygen atoms in total. The summed E-state index contributed by atoms with van der Waals surface area (Å²) in [4.78, 5) is 0. The summed E-state index contributed by atoms with van der Waals surface area (Å²) in [5.74, 6) is -0.132. The quantitative estimate of drug-likeness (QED) is 0.818. The highest BCUT2D eigenvalue weighted by Gasteiger charge is 2.16. The first-order valence-corrected chi connectivity index (χ1v) is 7.50. The summed E-state index contributed by atoms with van der Waals surface area (Å²) in [5, 5.41) is 6.83. The Bertz CT molecular complexity index is 493. The van der Waals surface area contributed by atoms with Crippen molar-refractivity contribution >= 4 is 17.3 Å². The van der Waals surface area contributed by atoms with Gasteiger partial charge in [-0.3, -0.25) is 0 Å². The van der Waals surface area contributed by atoms with Crippen molar-refractivity contribution in [3.8, 4) is 5.75 Å². The van der Waals surface area contributed by atoms with Crippen molar-refractivity contribution < 1.29 is 13.9 Å². The molecule has 2 atom stereocenters. The summed E-state index contributed by atoms with van der Waals surface area (Å²) in [5.41, 5.74) is 0.814. The van der Waals surface area contributed by atoms with Crippen LogP contribution < -0.4 is 15.4 Å². The molecule has 0 spiro atoms. The molecule has 1 aliphatic heterocycles. The second-order valence-corrected chi connectivity index (χ2v) is 5.51. The zero-order valence-electron chi connectivity index (χ0n) is 12.3. The van der Waals surface area contributed by atoms with Gasteiger partial charge in [-0.1, -0.05) is 6.07 Å². The Kier molecular flexibility index (Phi) is 5.76. The highest BCUT2D eigenvalue weighted by Crippen LogP contribution is 2.21. The molecule has 2 N–H and O–H groups in total. The summed E-state index contributed by atoms with van der Waals surface area (Å²) in [6.45, 7) is 3.46. The molecule has 116 valence electrons. The Morgan fingerprint density at radius 3 is 3.00 bits per heavy atom. The maximum atomic E-state index is 13.7. The molecular formula is C15H21FN2O2S. The van der Waals surface area contributed by atoms with Crippen LogP contribution in [0, 0.1) is 5.82 Å². The van der Waals surface area contributed by atoms with Crippen LogP contribution in [0.1, 0.15) is 31.4 Å². The summed E-state index contributed by atoms with van der Waals surface area (Å²) in [6.07, 6.45) is 2.40. The first-order chi connectivity index (χ1) is 10.1. The van der Waals surface area contributed by atoms with Crippen LogP contribution in [0.25, 0.3) is 0 Å². The van der Waals surface area contributed by atoms with E-state index in [0.717, 1.165) is 25.0 Å². The average molecular weight is 312 g/mol. The van der Waals surface area contributed by atoms with Gasteiger partial charge in [-0.15, -0.1) is 0 Å². The third-order valence-corrected chi connectivity index (χ3v) is 3.80. The lowest BCUT2D eigenvalue weighted by Gasteiger charge is -2.19. The van der Waals surface area contributed by atoms with Gasteiger partial charge in [0.15, 0.2) is 16.7 Å². The van der Waals surface area contributed by atoms with E-state index in [1.165, 1.54) is 13.2 Å². The number of rotatable bonds is 5. The van der Waals surface area contributed by atoms with E-state index in [0.29, 0.717) is 11.7 Å². The molecular weight excluding hydrogens is 291 g/mol. The van der Waals surface area contributed by atoms with Gasteiger partial charge in [0.2, 0.25) is 0 Å². The first-order valence-electron chi connectivity index (χ1n) is 7.09. The minimum atomic E-state index is -0.373. The van der Waals surface area contributed by atoms with Gasteiger partial charge >= 0.3 is 0 Å². The Morgan fingerprint density at radius 1 is 1.57 bits per heavy atom. The summed E-state index contributed by atoms with van der Waals surface area (Å²) in [6, 6.07) is 4.81. The maximum Gasteiger partial charge on any atom is 0.166 e. The van der Waals surface area contributed by atoms with E-state index in [9.17, 15) is 4.39 Å². The predicted molar refractivity (Wildman–Crippen MR) is 84.1 cm³/mol. The molecule has 2 rings (SSSR count). The summed E-state index contributed by atoms with van der Waals surface area (Å²) in [7, 11) is 1.45. The van der Waals surface area contributed by atoms with E-state index in [4.69, 9.17) is 21.7 Å². The predicted octanol–water partition coefficient (Wildman–Crippen LogP) is 2.54. The fourth-order valence-electron chi connectivity index (χ4n) is 2.29. The Hall–Kier alpha value is -1.40. The molecule has 0 radical (unpaired) electrons. The molecule has 1 aromatic rings. The van der Waals surface area contributed by atoms with E-state index >= 15 is 0 Å². The highest BCUT2D eigenvalue weighted by atomic mass is 32.1. The zero-order chi connectivity index (χ0) is 15.2. The molecule has 0 aromatic heterocycles. The van der Waals surface area contributed by atoms with Gasteiger partial charge in [-0.25, -0.2) is 4.39 Å². The second-order valence-electron chi connectivity index (χ2n) is 5.11. The molecule has 1 heterocycles. The molecule has 0 saturated carbocycles. The van der Waals surface area contributed by atoms with Gasteiger partial charge in [0, 0.05) is 13.2 Å². The molecule has 1 saturated heterocycles. The number of methoxy groups -OCH3 is 1. The van der Waals surface area contributed by atoms with Gasteiger partial charge in [-0.05, 0) is 49.7 Å². The molecule has 0 unspecified atom stereocenters. The van der Waals surface area contributed by atoms with E-state index in [1.54, 1.807) is 6.07 Å². The third kappa shape index (κ3) is 4.54. The Morgan fingerprint density at radius 2 is 2.38 bits per heavy atom. The average Bonchev–Trinajstić information content (AvgIpc) is 2.98. The number of ether oxygens (including phenoxy) is 2. The molecule has 0 bridgehead atoms. The van der Waals surface area contributed by atoms with E-state index in [2.05, 4.69) is 10.6 Å². The molecule has 1 fully saturated rings. The van der Waals surface area contributed by atoms with Crippen molar-refractivity contribution in [1.29, 1.82) is 0 Å². The number of hydrogen-bond donors (Lipinski definition) is 2. The van der Waals surface area contributed by atoms with Crippen molar-refractivity contribution in [1.82, 2.24) is 10.6 Å². The van der Waals surface area contributed by atoms with Gasteiger partial charge < -0.3 is 20.1 Å². The Labute approximate surface area is 130 Å². The van der Waals surface area contributed by atoms with E-state index < -0.39 is 0 Å². The molecule has 0 aliphatic carbocycles. The van der Waals surface area contributed by atoms with Crippen molar-refractivity contribution in [2.75, 3.05) is 20.3 Å². The lowest BCUT2D eigenvalue weighted by atomic mass is 10.1. The maximum absolute atomic E-state index is 13.7. The van der Waals surface area contributed by atoms with Crippen molar-refractivity contribution in [3.05, 3.63) is 29.6 Å². The van der Waals surface area contributed by atoms with Crippen molar-refractivity contribution in [2.45, 2.75) is 31.9 Å². The van der Waals surface area contributed by atoms with Crippen molar-refractivity contribution in [3.63, 3.8) is 0 Å². The monoisotopic (exact) mass is 312 g/mol. The van der Waals surface area contributed by atoms with Crippen LogP contribution >= 0.6 is 12.2 Å². The lowest BCUT2D eigenvalue weighted by Crippen LogP contribution is -2.40. The second kappa shape index (κ2) is 7.56. The molecule has 21 heavy (non-hydrogen) atoms. The molecule has 0 amide bonds. The minimum Gasteiger partial charge on any atom is -0.494 e. The van der Waals surface area contributed by atoms with Gasteiger partial charge in [-0.2, -0.15) is 0 Å². The molecule has 6 heteroatoms. The zero-order valence-corrected chi connectivity index (χ0v) is 13.1. The number of nitrogens with one attached hydrogen (secondary N) is 2. The smallest absolute Gasteiger partial charge is 0.166 e. The molecule has 1 aromatic carbocycles. The van der Waals surface area contributed by atoms with Gasteiger partial charge in [0.25, 0.3) is 0 Å². The third-order valence-electron chi connectivity index (χ3n) is 3.54. The molecule has 1 aliphatic rings. The van der Waals surface area contributed by atoms with E-state index in [1.807, 2.05) is 13.0 Å². The SMILES string of the molecule is COc1ccc([C@H](C)NC(=S)NC[C@H]2CCCO2)cc1F. The summed E-state index contributed by atoms with van der Waals surface area (Å²) >= 11 is 5.25. The van der Waals surface area contributed by atoms with Crippen molar-refractivity contribution in [2.24, 2.45) is 0 Å². The Balaban J connectivity index is 1.83. The minimum absolute atomic E-state index is 0.0881. The van der Waals surface area contributed by atoms with Crippen LogP contribution in [0.4, 0.5) is 4.39 Å². The first kappa shape index (κ1) is 16.0. The van der Waals surface area contributed by atoms with Crippen LogP contribution in [-0.4, -0.2) is 31.5 Å². The number of benzene rings is 1. The van der Waals surface area contributed by atoms with Crippen LogP contribution in [-0.2, 0) is 4.74 Å². The fraction of sp³-hybridized carbons (Fsp3) is 0.533. The van der Waals surface area contributed by atoms with Gasteiger partial charge in [0.05, 0.1) is 19.3 Å². The van der Waals surface area contributed by atoms with Gasteiger partial charge in [0.1, 0.15) is 0 Å². The number of thiocarbonyl (C=S) groups is 1. The summed E-state index contributed by atoms with van der Waals surface area (Å²) < 4.78 is 24.1. The van der Waals surface area contributed by atoms with Crippen LogP contribution in [0.5, 0.6) is 5.75 Å². The normalized spacial score (nSPS) is 19.1. The standard InChI is InChI=1S/C15H21FN2O2S/c1-10(11-5-6-14(19-2)13(16)8-11)18-15(21)17-9-12-4-3-7-20-12/h5-6,8,10,12H,3-4,7,9H2,1-2H3,(H2,17,18,21)/t10-,12+/m0/s1.